The lowest BCUT2D eigenvalue weighted by Crippen LogP contribution is -2.22. The molecule has 1 aromatic heterocycles. The van der Waals surface area contributed by atoms with Crippen molar-refractivity contribution in [2.45, 2.75) is 13.3 Å². The van der Waals surface area contributed by atoms with Gasteiger partial charge in [0, 0.05) is 0 Å². The fraction of sp³-hybridized carbons (Fsp3) is 0.200. The minimum Gasteiger partial charge on any atom is -0.465 e. The number of esters is 3. The van der Waals surface area contributed by atoms with Crippen LogP contribution in [0.3, 0.4) is 0 Å². The van der Waals surface area contributed by atoms with Crippen LogP contribution in [-0.4, -0.2) is 44.6 Å². The van der Waals surface area contributed by atoms with Gasteiger partial charge in [0.05, 0.1) is 26.2 Å². The van der Waals surface area contributed by atoms with Crippen molar-refractivity contribution in [3.8, 4) is 11.1 Å². The van der Waals surface area contributed by atoms with Crippen molar-refractivity contribution in [3.05, 3.63) is 76.2 Å². The van der Waals surface area contributed by atoms with Gasteiger partial charge in [-0.05, 0) is 29.2 Å². The van der Waals surface area contributed by atoms with Crippen LogP contribution >= 0.6 is 11.3 Å². The molecular formula is C25H23NO7S. The van der Waals surface area contributed by atoms with Crippen molar-refractivity contribution in [2.24, 2.45) is 0 Å². The van der Waals surface area contributed by atoms with Crippen molar-refractivity contribution in [1.82, 2.24) is 0 Å². The van der Waals surface area contributed by atoms with Crippen LogP contribution < -0.4 is 5.32 Å². The second-order valence-corrected chi connectivity index (χ2v) is 8.21. The number of methoxy groups -OCH3 is 2. The molecule has 0 radical (unpaired) electrons. The highest BCUT2D eigenvalue weighted by Gasteiger charge is 2.27. The van der Waals surface area contributed by atoms with Crippen LogP contribution in [0.5, 0.6) is 0 Å². The monoisotopic (exact) mass is 481 g/mol. The first-order chi connectivity index (χ1) is 16.3. The van der Waals surface area contributed by atoms with E-state index >= 15 is 0 Å². The van der Waals surface area contributed by atoms with Gasteiger partial charge in [0.25, 0.3) is 5.91 Å². The van der Waals surface area contributed by atoms with Crippen molar-refractivity contribution in [2.75, 3.05) is 26.1 Å². The van der Waals surface area contributed by atoms with E-state index in [1.54, 1.807) is 6.92 Å². The average molecular weight is 482 g/mol. The van der Waals surface area contributed by atoms with Crippen molar-refractivity contribution in [1.29, 1.82) is 0 Å². The highest BCUT2D eigenvalue weighted by molar-refractivity contribution is 7.18. The number of amides is 1. The zero-order valence-electron chi connectivity index (χ0n) is 18.9. The molecule has 0 saturated carbocycles. The summed E-state index contributed by atoms with van der Waals surface area (Å²) < 4.78 is 14.5. The molecule has 1 N–H and O–H groups in total. The number of anilines is 1. The van der Waals surface area contributed by atoms with Crippen LogP contribution in [0, 0.1) is 6.92 Å². The highest BCUT2D eigenvalue weighted by Crippen LogP contribution is 2.34. The summed E-state index contributed by atoms with van der Waals surface area (Å²) in [6.07, 6.45) is 0.000356. The van der Waals surface area contributed by atoms with E-state index in [1.807, 2.05) is 54.6 Å². The van der Waals surface area contributed by atoms with Gasteiger partial charge in [0.2, 0.25) is 0 Å². The minimum absolute atomic E-state index is 0.000356. The smallest absolute Gasteiger partial charge is 0.348 e. The second kappa shape index (κ2) is 11.2. The summed E-state index contributed by atoms with van der Waals surface area (Å²) in [5, 5.41) is 2.62. The lowest BCUT2D eigenvalue weighted by molar-refractivity contribution is -0.146. The van der Waals surface area contributed by atoms with Crippen LogP contribution in [0.15, 0.2) is 54.6 Å². The molecule has 0 unspecified atom stereocenters. The molecule has 0 aliphatic rings. The standard InChI is InChI=1S/C25H23NO7S/c1-15-21(24(29)31-2)23(34-22(15)25(30)32-3)26-19(27)14-33-20(28)13-16-9-11-18(12-10-16)17-7-5-4-6-8-17/h4-12H,13-14H2,1-3H3,(H,26,27). The van der Waals surface area contributed by atoms with Crippen LogP contribution in [0.1, 0.15) is 31.2 Å². The lowest BCUT2D eigenvalue weighted by atomic mass is 10.0. The first-order valence-corrected chi connectivity index (χ1v) is 11.1. The largest absolute Gasteiger partial charge is 0.465 e. The number of nitrogens with one attached hydrogen (secondary N) is 1. The Hall–Kier alpha value is -3.98. The molecule has 0 aliphatic carbocycles. The minimum atomic E-state index is -0.713. The molecule has 0 aliphatic heterocycles. The molecule has 34 heavy (non-hydrogen) atoms. The Kier molecular flexibility index (Phi) is 8.15. The Labute approximate surface area is 200 Å². The van der Waals surface area contributed by atoms with E-state index < -0.39 is 30.4 Å². The number of hydrogen-bond acceptors (Lipinski definition) is 8. The van der Waals surface area contributed by atoms with Crippen LogP contribution in [-0.2, 0) is 30.2 Å². The number of benzene rings is 2. The molecule has 3 rings (SSSR count). The van der Waals surface area contributed by atoms with E-state index in [4.69, 9.17) is 14.2 Å². The van der Waals surface area contributed by atoms with E-state index in [9.17, 15) is 19.2 Å². The number of hydrogen-bond donors (Lipinski definition) is 1. The molecule has 9 heteroatoms. The normalized spacial score (nSPS) is 10.3. The summed E-state index contributed by atoms with van der Waals surface area (Å²) in [6, 6.07) is 17.3. The molecule has 1 heterocycles. The van der Waals surface area contributed by atoms with Crippen LogP contribution in [0.4, 0.5) is 5.00 Å². The third-order valence-electron chi connectivity index (χ3n) is 4.93. The molecule has 0 atom stereocenters. The van der Waals surface area contributed by atoms with E-state index in [2.05, 4.69) is 5.32 Å². The van der Waals surface area contributed by atoms with Crippen LogP contribution in [0.2, 0.25) is 0 Å². The zero-order valence-corrected chi connectivity index (χ0v) is 19.7. The summed E-state index contributed by atoms with van der Waals surface area (Å²) in [5.41, 5.74) is 3.21. The van der Waals surface area contributed by atoms with E-state index in [-0.39, 0.29) is 21.9 Å². The predicted molar refractivity (Wildman–Crippen MR) is 127 cm³/mol. The quantitative estimate of drug-likeness (QED) is 0.382. The van der Waals surface area contributed by atoms with Gasteiger partial charge in [-0.2, -0.15) is 0 Å². The maximum absolute atomic E-state index is 12.3. The maximum atomic E-state index is 12.3. The number of thiophene rings is 1. The summed E-state index contributed by atoms with van der Waals surface area (Å²) in [7, 11) is 2.41. The van der Waals surface area contributed by atoms with Gasteiger partial charge >= 0.3 is 17.9 Å². The van der Waals surface area contributed by atoms with E-state index in [0.717, 1.165) is 28.0 Å². The van der Waals surface area contributed by atoms with Crippen molar-refractivity contribution in [3.63, 3.8) is 0 Å². The van der Waals surface area contributed by atoms with Gasteiger partial charge in [-0.25, -0.2) is 9.59 Å². The van der Waals surface area contributed by atoms with Crippen molar-refractivity contribution < 1.29 is 33.4 Å². The van der Waals surface area contributed by atoms with E-state index in [1.165, 1.54) is 14.2 Å². The van der Waals surface area contributed by atoms with Gasteiger partial charge in [-0.15, -0.1) is 11.3 Å². The lowest BCUT2D eigenvalue weighted by Gasteiger charge is -2.08. The molecule has 0 saturated heterocycles. The Morgan fingerprint density at radius 1 is 0.853 bits per heavy atom. The summed E-state index contributed by atoms with van der Waals surface area (Å²) in [5.74, 6) is -2.59. The van der Waals surface area contributed by atoms with Gasteiger partial charge in [-0.3, -0.25) is 9.59 Å². The summed E-state index contributed by atoms with van der Waals surface area (Å²) >= 11 is 0.879. The summed E-state index contributed by atoms with van der Waals surface area (Å²) in [4.78, 5) is 48.8. The number of ether oxygens (including phenoxy) is 3. The van der Waals surface area contributed by atoms with Gasteiger partial charge in [0.1, 0.15) is 9.88 Å². The third-order valence-corrected chi connectivity index (χ3v) is 6.12. The van der Waals surface area contributed by atoms with Gasteiger partial charge in [0.15, 0.2) is 6.61 Å². The summed E-state index contributed by atoms with van der Waals surface area (Å²) in [6.45, 7) is 1.000. The number of carbonyl (C=O) groups is 4. The third kappa shape index (κ3) is 5.87. The maximum Gasteiger partial charge on any atom is 0.348 e. The predicted octanol–water partition coefficient (Wildman–Crippen LogP) is 4.02. The Morgan fingerprint density at radius 3 is 2.09 bits per heavy atom. The first kappa shape index (κ1) is 24.7. The molecular weight excluding hydrogens is 458 g/mol. The Balaban J connectivity index is 1.59. The Morgan fingerprint density at radius 2 is 1.47 bits per heavy atom. The Bertz CT molecular complexity index is 1200. The molecule has 3 aromatic rings. The molecule has 2 aromatic carbocycles. The van der Waals surface area contributed by atoms with E-state index in [0.29, 0.717) is 5.56 Å². The van der Waals surface area contributed by atoms with Crippen LogP contribution in [0.25, 0.3) is 11.1 Å². The molecule has 1 amide bonds. The number of rotatable bonds is 8. The molecule has 0 bridgehead atoms. The molecule has 8 nitrogen and oxygen atoms in total. The topological polar surface area (TPSA) is 108 Å². The van der Waals surface area contributed by atoms with Crippen molar-refractivity contribution >= 4 is 40.2 Å². The molecule has 0 fully saturated rings. The number of carbonyl (C=O) groups excluding carboxylic acids is 4. The second-order valence-electron chi connectivity index (χ2n) is 7.19. The van der Waals surface area contributed by atoms with Gasteiger partial charge in [-0.1, -0.05) is 54.6 Å². The first-order valence-electron chi connectivity index (χ1n) is 10.2. The molecule has 0 spiro atoms. The fourth-order valence-electron chi connectivity index (χ4n) is 3.21. The average Bonchev–Trinajstić information content (AvgIpc) is 3.18. The fourth-order valence-corrected chi connectivity index (χ4v) is 4.34. The zero-order chi connectivity index (χ0) is 24.7. The van der Waals surface area contributed by atoms with Gasteiger partial charge < -0.3 is 19.5 Å². The highest BCUT2D eigenvalue weighted by atomic mass is 32.1. The molecule has 176 valence electrons. The SMILES string of the molecule is COC(=O)c1sc(NC(=O)COC(=O)Cc2ccc(-c3ccccc3)cc2)c(C(=O)OC)c1C.